The zero-order chi connectivity index (χ0) is 11.1. The highest BCUT2D eigenvalue weighted by molar-refractivity contribution is 6.29. The van der Waals surface area contributed by atoms with Gasteiger partial charge in [0, 0.05) is 11.5 Å². The predicted octanol–water partition coefficient (Wildman–Crippen LogP) is 1.45. The molecular weight excluding hydrogens is 206 g/mol. The minimum atomic E-state index is -1.05. The largest absolute Gasteiger partial charge is 0.480 e. The first kappa shape index (κ1) is 13.0. The van der Waals surface area contributed by atoms with Crippen molar-refractivity contribution in [1.82, 2.24) is 4.90 Å². The van der Waals surface area contributed by atoms with Gasteiger partial charge in [-0.25, -0.2) is 0 Å². The number of aliphatic carboxylic acids is 1. The highest BCUT2D eigenvalue weighted by Gasteiger charge is 2.15. The molecule has 1 amide bonds. The lowest BCUT2D eigenvalue weighted by atomic mass is 10.3. The fraction of sp³-hybridized carbons (Fsp3) is 0.556. The van der Waals surface area contributed by atoms with E-state index in [4.69, 9.17) is 16.7 Å². The Morgan fingerprint density at radius 2 is 2.00 bits per heavy atom. The van der Waals surface area contributed by atoms with Crippen molar-refractivity contribution in [2.45, 2.75) is 19.8 Å². The van der Waals surface area contributed by atoms with E-state index in [0.29, 0.717) is 12.8 Å². The minimum absolute atomic E-state index is 0.0900. The summed E-state index contributed by atoms with van der Waals surface area (Å²) in [7, 11) is 0. The number of rotatable bonds is 6. The first-order valence-electron chi connectivity index (χ1n) is 4.30. The van der Waals surface area contributed by atoms with Gasteiger partial charge in [0.2, 0.25) is 5.91 Å². The number of carboxylic acid groups (broad SMARTS) is 1. The number of hydrogen-bond acceptors (Lipinski definition) is 2. The Bertz CT molecular complexity index is 224. The molecule has 0 aliphatic heterocycles. The van der Waals surface area contributed by atoms with E-state index in [-0.39, 0.29) is 24.0 Å². The average molecular weight is 220 g/mol. The Morgan fingerprint density at radius 3 is 2.36 bits per heavy atom. The van der Waals surface area contributed by atoms with Gasteiger partial charge in [-0.15, -0.1) is 0 Å². The third-order valence-corrected chi connectivity index (χ3v) is 1.62. The van der Waals surface area contributed by atoms with Crippen molar-refractivity contribution >= 4 is 23.5 Å². The van der Waals surface area contributed by atoms with E-state index < -0.39 is 5.97 Å². The molecule has 0 fully saturated rings. The molecule has 0 saturated carbocycles. The monoisotopic (exact) mass is 219 g/mol. The lowest BCUT2D eigenvalue weighted by Gasteiger charge is -2.19. The van der Waals surface area contributed by atoms with Crippen LogP contribution in [-0.4, -0.2) is 35.0 Å². The van der Waals surface area contributed by atoms with Gasteiger partial charge in [0.25, 0.3) is 0 Å². The molecule has 0 radical (unpaired) electrons. The molecule has 0 saturated heterocycles. The molecule has 1 N–H and O–H groups in total. The maximum atomic E-state index is 11.4. The van der Waals surface area contributed by atoms with E-state index >= 15 is 0 Å². The summed E-state index contributed by atoms with van der Waals surface area (Å²) in [6.07, 6.45) is 1.02. The van der Waals surface area contributed by atoms with Gasteiger partial charge in [0.05, 0.1) is 6.54 Å². The van der Waals surface area contributed by atoms with E-state index in [1.165, 1.54) is 4.90 Å². The van der Waals surface area contributed by atoms with Crippen LogP contribution in [0.15, 0.2) is 11.6 Å². The topological polar surface area (TPSA) is 57.6 Å². The summed E-state index contributed by atoms with van der Waals surface area (Å²) < 4.78 is 0. The number of halogens is 1. The molecule has 0 unspecified atom stereocenters. The van der Waals surface area contributed by atoms with Gasteiger partial charge in [0.15, 0.2) is 0 Å². The van der Waals surface area contributed by atoms with E-state index in [1.807, 2.05) is 6.92 Å². The molecule has 0 atom stereocenters. The van der Waals surface area contributed by atoms with Gasteiger partial charge in [-0.1, -0.05) is 25.1 Å². The van der Waals surface area contributed by atoms with E-state index in [2.05, 4.69) is 6.58 Å². The molecule has 4 nitrogen and oxygen atoms in total. The van der Waals surface area contributed by atoms with Crippen LogP contribution in [0.2, 0.25) is 0 Å². The third-order valence-electron chi connectivity index (χ3n) is 1.51. The molecular formula is C9H14ClNO3. The standard InChI is InChI=1S/C9H14ClNO3/c1-3-4-8(12)11(5-7(2)10)6-9(13)14/h2-6H2,1H3,(H,13,14). The second-order valence-electron chi connectivity index (χ2n) is 2.91. The second-order valence-corrected chi connectivity index (χ2v) is 3.45. The number of nitrogens with zero attached hydrogens (tertiary/aromatic N) is 1. The van der Waals surface area contributed by atoms with Gasteiger partial charge in [-0.05, 0) is 6.42 Å². The van der Waals surface area contributed by atoms with E-state index in [0.717, 1.165) is 0 Å². The van der Waals surface area contributed by atoms with Crippen LogP contribution in [0.25, 0.3) is 0 Å². The summed E-state index contributed by atoms with van der Waals surface area (Å²) in [6, 6.07) is 0. The fourth-order valence-corrected chi connectivity index (χ4v) is 1.12. The molecule has 0 aliphatic rings. The Kier molecular flexibility index (Phi) is 5.95. The molecule has 0 aromatic carbocycles. The average Bonchev–Trinajstić information content (AvgIpc) is 2.01. The molecule has 0 rings (SSSR count). The van der Waals surface area contributed by atoms with Crippen molar-refractivity contribution in [2.75, 3.05) is 13.1 Å². The first-order valence-corrected chi connectivity index (χ1v) is 4.68. The summed E-state index contributed by atoms with van der Waals surface area (Å²) >= 11 is 5.52. The SMILES string of the molecule is C=C(Cl)CN(CC(=O)O)C(=O)CCC. The van der Waals surface area contributed by atoms with Crippen LogP contribution < -0.4 is 0 Å². The van der Waals surface area contributed by atoms with E-state index in [9.17, 15) is 9.59 Å². The maximum absolute atomic E-state index is 11.4. The number of carbonyl (C=O) groups excluding carboxylic acids is 1. The number of carboxylic acids is 1. The summed E-state index contributed by atoms with van der Waals surface area (Å²) in [5, 5.41) is 8.81. The van der Waals surface area contributed by atoms with Gasteiger partial charge in [-0.2, -0.15) is 0 Å². The summed E-state index contributed by atoms with van der Waals surface area (Å²) in [5.41, 5.74) is 0. The quantitative estimate of drug-likeness (QED) is 0.736. The van der Waals surface area contributed by atoms with Crippen molar-refractivity contribution in [3.8, 4) is 0 Å². The fourth-order valence-electron chi connectivity index (χ4n) is 0.975. The van der Waals surface area contributed by atoms with Crippen molar-refractivity contribution in [1.29, 1.82) is 0 Å². The zero-order valence-corrected chi connectivity index (χ0v) is 8.88. The highest BCUT2D eigenvalue weighted by atomic mass is 35.5. The van der Waals surface area contributed by atoms with Crippen molar-refractivity contribution in [3.63, 3.8) is 0 Å². The van der Waals surface area contributed by atoms with Crippen LogP contribution in [0.5, 0.6) is 0 Å². The molecule has 0 heterocycles. The van der Waals surface area contributed by atoms with E-state index in [1.54, 1.807) is 0 Å². The smallest absolute Gasteiger partial charge is 0.323 e. The van der Waals surface area contributed by atoms with Crippen LogP contribution in [-0.2, 0) is 9.59 Å². The molecule has 0 spiro atoms. The minimum Gasteiger partial charge on any atom is -0.480 e. The van der Waals surface area contributed by atoms with Crippen molar-refractivity contribution < 1.29 is 14.7 Å². The number of hydrogen-bond donors (Lipinski definition) is 1. The summed E-state index contributed by atoms with van der Waals surface area (Å²) in [6.45, 7) is 5.04. The summed E-state index contributed by atoms with van der Waals surface area (Å²) in [5.74, 6) is -1.26. The van der Waals surface area contributed by atoms with Gasteiger partial charge >= 0.3 is 5.97 Å². The molecule has 80 valence electrons. The van der Waals surface area contributed by atoms with Crippen LogP contribution in [0.3, 0.4) is 0 Å². The van der Waals surface area contributed by atoms with Crippen molar-refractivity contribution in [3.05, 3.63) is 11.6 Å². The lowest BCUT2D eigenvalue weighted by Crippen LogP contribution is -2.36. The third kappa shape index (κ3) is 5.59. The van der Waals surface area contributed by atoms with Crippen LogP contribution >= 0.6 is 11.6 Å². The first-order chi connectivity index (χ1) is 6.47. The predicted molar refractivity (Wildman–Crippen MR) is 54.1 cm³/mol. The zero-order valence-electron chi connectivity index (χ0n) is 8.12. The molecule has 0 bridgehead atoms. The van der Waals surface area contributed by atoms with Crippen LogP contribution in [0.1, 0.15) is 19.8 Å². The Balaban J connectivity index is 4.29. The normalized spacial score (nSPS) is 9.57. The van der Waals surface area contributed by atoms with Crippen LogP contribution in [0, 0.1) is 0 Å². The molecule has 14 heavy (non-hydrogen) atoms. The van der Waals surface area contributed by atoms with Crippen molar-refractivity contribution in [2.24, 2.45) is 0 Å². The van der Waals surface area contributed by atoms with Gasteiger partial charge < -0.3 is 10.0 Å². The second kappa shape index (κ2) is 6.43. The Hall–Kier alpha value is -1.03. The number of amides is 1. The molecule has 0 aromatic heterocycles. The molecule has 5 heteroatoms. The Labute approximate surface area is 88.1 Å². The van der Waals surface area contributed by atoms with Gasteiger partial charge in [0.1, 0.15) is 6.54 Å². The Morgan fingerprint density at radius 1 is 1.43 bits per heavy atom. The van der Waals surface area contributed by atoms with Crippen LogP contribution in [0.4, 0.5) is 0 Å². The number of carbonyl (C=O) groups is 2. The highest BCUT2D eigenvalue weighted by Crippen LogP contribution is 2.04. The lowest BCUT2D eigenvalue weighted by molar-refractivity contribution is -0.144. The molecule has 0 aliphatic carbocycles. The summed E-state index contributed by atoms with van der Waals surface area (Å²) in [4.78, 5) is 23.0. The molecule has 0 aromatic rings. The maximum Gasteiger partial charge on any atom is 0.323 e. The van der Waals surface area contributed by atoms with Gasteiger partial charge in [-0.3, -0.25) is 9.59 Å².